The zero-order valence-corrected chi connectivity index (χ0v) is 15.2. The van der Waals surface area contributed by atoms with Crippen molar-refractivity contribution in [3.05, 3.63) is 39.4 Å². The molecule has 1 aromatic carbocycles. The van der Waals surface area contributed by atoms with Crippen LogP contribution in [0.15, 0.2) is 17.1 Å². The number of pyridine rings is 1. The van der Waals surface area contributed by atoms with Gasteiger partial charge in [-0.1, -0.05) is 0 Å². The van der Waals surface area contributed by atoms with Crippen LogP contribution in [-0.2, 0) is 0 Å². The monoisotopic (exact) mass is 381 g/mol. The number of carbonyl (C=O) groups is 1. The highest BCUT2D eigenvalue weighted by Crippen LogP contribution is 2.40. The molecule has 1 aliphatic carbocycles. The quantitative estimate of drug-likeness (QED) is 0.853. The molecule has 26 heavy (non-hydrogen) atoms. The average molecular weight is 382 g/mol. The second-order valence-electron chi connectivity index (χ2n) is 6.78. The van der Waals surface area contributed by atoms with Crippen LogP contribution >= 0.6 is 12.4 Å². The number of fused-ring (bicyclic) bond motifs is 1. The number of halogens is 2. The summed E-state index contributed by atoms with van der Waals surface area (Å²) in [6.45, 7) is 4.78. The number of nitrogens with zero attached hydrogens (tertiary/aromatic N) is 2. The summed E-state index contributed by atoms with van der Waals surface area (Å²) in [5.41, 5.74) is 0.970. The Morgan fingerprint density at radius 1 is 1.31 bits per heavy atom. The molecule has 2 aliphatic rings. The molecule has 2 N–H and O–H groups in total. The highest BCUT2D eigenvalue weighted by molar-refractivity contribution is 5.95. The van der Waals surface area contributed by atoms with E-state index in [1.54, 1.807) is 0 Å². The summed E-state index contributed by atoms with van der Waals surface area (Å²) in [4.78, 5) is 26.0. The van der Waals surface area contributed by atoms with Crippen molar-refractivity contribution >= 4 is 35.0 Å². The van der Waals surface area contributed by atoms with Gasteiger partial charge in [0.15, 0.2) is 0 Å². The Kier molecular flexibility index (Phi) is 4.94. The largest absolute Gasteiger partial charge is 0.477 e. The van der Waals surface area contributed by atoms with Crippen molar-refractivity contribution in [2.24, 2.45) is 0 Å². The molecular weight excluding hydrogens is 361 g/mol. The number of rotatable bonds is 3. The van der Waals surface area contributed by atoms with Crippen LogP contribution in [0.25, 0.3) is 10.9 Å². The highest BCUT2D eigenvalue weighted by Gasteiger charge is 2.29. The predicted octanol–water partition coefficient (Wildman–Crippen LogP) is 2.31. The number of aromatic nitrogens is 1. The first kappa shape index (κ1) is 18.7. The van der Waals surface area contributed by atoms with Crippen LogP contribution in [0.5, 0.6) is 0 Å². The van der Waals surface area contributed by atoms with Crippen LogP contribution in [0.4, 0.5) is 10.1 Å². The average Bonchev–Trinajstić information content (AvgIpc) is 3.41. The van der Waals surface area contributed by atoms with Crippen LogP contribution in [0.1, 0.15) is 34.8 Å². The fraction of sp³-hybridized carbons (Fsp3) is 0.444. The fourth-order valence-electron chi connectivity index (χ4n) is 3.74. The SMILES string of the molecule is Cc1c(N2CCNCC2)c(F)cc2c(=O)c(C(=O)O)cn(C3CC3)c12.Cl. The molecule has 2 fully saturated rings. The van der Waals surface area contributed by atoms with Crippen molar-refractivity contribution in [1.29, 1.82) is 0 Å². The van der Waals surface area contributed by atoms with E-state index in [1.807, 2.05) is 16.4 Å². The van der Waals surface area contributed by atoms with E-state index in [0.29, 0.717) is 29.9 Å². The Hall–Kier alpha value is -2.12. The van der Waals surface area contributed by atoms with E-state index in [2.05, 4.69) is 5.32 Å². The van der Waals surface area contributed by atoms with Gasteiger partial charge >= 0.3 is 5.97 Å². The molecular formula is C18H21ClFN3O3. The van der Waals surface area contributed by atoms with E-state index < -0.39 is 17.2 Å². The number of aromatic carboxylic acids is 1. The van der Waals surface area contributed by atoms with Crippen LogP contribution in [0.2, 0.25) is 0 Å². The maximum absolute atomic E-state index is 14.9. The topological polar surface area (TPSA) is 74.6 Å². The van der Waals surface area contributed by atoms with Gasteiger partial charge in [-0.25, -0.2) is 9.18 Å². The number of aryl methyl sites for hydroxylation is 1. The summed E-state index contributed by atoms with van der Waals surface area (Å²) >= 11 is 0. The fourth-order valence-corrected chi connectivity index (χ4v) is 3.74. The first-order valence-electron chi connectivity index (χ1n) is 8.56. The van der Waals surface area contributed by atoms with E-state index in [-0.39, 0.29) is 29.4 Å². The first-order valence-corrected chi connectivity index (χ1v) is 8.56. The third kappa shape index (κ3) is 2.95. The zero-order valence-electron chi connectivity index (χ0n) is 14.4. The molecule has 0 amide bonds. The smallest absolute Gasteiger partial charge is 0.341 e. The van der Waals surface area contributed by atoms with E-state index in [9.17, 15) is 19.1 Å². The summed E-state index contributed by atoms with van der Waals surface area (Å²) in [7, 11) is 0. The normalized spacial score (nSPS) is 17.2. The standard InChI is InChI=1S/C18H20FN3O3.ClH/c1-10-15-12(8-14(19)16(10)21-6-4-20-5-7-21)17(23)13(18(24)25)9-22(15)11-2-3-11;/h8-9,11,20H,2-7H2,1H3,(H,24,25);1H. The number of nitrogens with one attached hydrogen (secondary N) is 1. The number of piperazine rings is 1. The third-order valence-electron chi connectivity index (χ3n) is 5.08. The molecule has 1 saturated heterocycles. The lowest BCUT2D eigenvalue weighted by molar-refractivity contribution is 0.0695. The molecule has 0 atom stereocenters. The summed E-state index contributed by atoms with van der Waals surface area (Å²) in [6.07, 6.45) is 3.31. The van der Waals surface area contributed by atoms with Crippen molar-refractivity contribution in [2.75, 3.05) is 31.1 Å². The number of carboxylic acid groups (broad SMARTS) is 1. The van der Waals surface area contributed by atoms with E-state index in [4.69, 9.17) is 0 Å². The summed E-state index contributed by atoms with van der Waals surface area (Å²) in [5, 5.41) is 12.7. The molecule has 8 heteroatoms. The van der Waals surface area contributed by atoms with Crippen LogP contribution < -0.4 is 15.6 Å². The van der Waals surface area contributed by atoms with Gasteiger partial charge in [0.05, 0.1) is 11.2 Å². The van der Waals surface area contributed by atoms with Gasteiger partial charge in [0, 0.05) is 43.8 Å². The minimum atomic E-state index is -1.27. The molecule has 4 rings (SSSR count). The Morgan fingerprint density at radius 2 is 1.96 bits per heavy atom. The zero-order chi connectivity index (χ0) is 17.7. The minimum absolute atomic E-state index is 0. The van der Waals surface area contributed by atoms with Crippen LogP contribution in [-0.4, -0.2) is 41.8 Å². The van der Waals surface area contributed by atoms with Crippen LogP contribution in [0, 0.1) is 12.7 Å². The van der Waals surface area contributed by atoms with Crippen molar-refractivity contribution < 1.29 is 14.3 Å². The first-order chi connectivity index (χ1) is 12.0. The Labute approximate surface area is 156 Å². The van der Waals surface area contributed by atoms with Crippen molar-refractivity contribution in [3.63, 3.8) is 0 Å². The van der Waals surface area contributed by atoms with E-state index >= 15 is 0 Å². The second kappa shape index (κ2) is 6.89. The molecule has 6 nitrogen and oxygen atoms in total. The summed E-state index contributed by atoms with van der Waals surface area (Å²) in [5.74, 6) is -1.74. The maximum Gasteiger partial charge on any atom is 0.341 e. The van der Waals surface area contributed by atoms with E-state index in [1.165, 1.54) is 12.3 Å². The number of benzene rings is 1. The number of anilines is 1. The van der Waals surface area contributed by atoms with Crippen molar-refractivity contribution in [3.8, 4) is 0 Å². The molecule has 1 aliphatic heterocycles. The Morgan fingerprint density at radius 3 is 2.54 bits per heavy atom. The van der Waals surface area contributed by atoms with Gasteiger partial charge in [-0.15, -0.1) is 12.4 Å². The molecule has 2 heterocycles. The Balaban J connectivity index is 0.00000196. The van der Waals surface area contributed by atoms with Gasteiger partial charge in [-0.05, 0) is 31.4 Å². The minimum Gasteiger partial charge on any atom is -0.477 e. The third-order valence-corrected chi connectivity index (χ3v) is 5.08. The lowest BCUT2D eigenvalue weighted by Crippen LogP contribution is -2.44. The van der Waals surface area contributed by atoms with Crippen molar-refractivity contribution in [1.82, 2.24) is 9.88 Å². The maximum atomic E-state index is 14.9. The van der Waals surface area contributed by atoms with E-state index in [0.717, 1.165) is 25.9 Å². The molecule has 0 radical (unpaired) electrons. The predicted molar refractivity (Wildman–Crippen MR) is 100 cm³/mol. The number of carboxylic acids is 1. The number of hydrogen-bond acceptors (Lipinski definition) is 4. The van der Waals surface area contributed by atoms with Gasteiger partial charge < -0.3 is 19.9 Å². The van der Waals surface area contributed by atoms with Gasteiger partial charge in [0.25, 0.3) is 0 Å². The van der Waals surface area contributed by atoms with Crippen LogP contribution in [0.3, 0.4) is 0 Å². The molecule has 0 bridgehead atoms. The molecule has 1 aromatic heterocycles. The molecule has 1 saturated carbocycles. The van der Waals surface area contributed by atoms with Gasteiger partial charge in [0.2, 0.25) is 5.43 Å². The second-order valence-corrected chi connectivity index (χ2v) is 6.78. The molecule has 0 spiro atoms. The summed E-state index contributed by atoms with van der Waals surface area (Å²) < 4.78 is 16.7. The molecule has 140 valence electrons. The highest BCUT2D eigenvalue weighted by atomic mass is 35.5. The van der Waals surface area contributed by atoms with Gasteiger partial charge in [-0.2, -0.15) is 0 Å². The lowest BCUT2D eigenvalue weighted by atomic mass is 10.0. The lowest BCUT2D eigenvalue weighted by Gasteiger charge is -2.31. The molecule has 0 unspecified atom stereocenters. The Bertz CT molecular complexity index is 934. The molecule has 2 aromatic rings. The number of hydrogen-bond donors (Lipinski definition) is 2. The van der Waals surface area contributed by atoms with Gasteiger partial charge in [0.1, 0.15) is 11.4 Å². The van der Waals surface area contributed by atoms with Crippen molar-refractivity contribution in [2.45, 2.75) is 25.8 Å². The van der Waals surface area contributed by atoms with Gasteiger partial charge in [-0.3, -0.25) is 4.79 Å². The summed E-state index contributed by atoms with van der Waals surface area (Å²) in [6, 6.07) is 1.40.